The van der Waals surface area contributed by atoms with E-state index in [1.54, 1.807) is 0 Å². The monoisotopic (exact) mass is 296 g/mol. The van der Waals surface area contributed by atoms with Crippen LogP contribution in [0.1, 0.15) is 59.3 Å². The summed E-state index contributed by atoms with van der Waals surface area (Å²) in [6.07, 6.45) is 7.93. The Kier molecular flexibility index (Phi) is 6.51. The minimum absolute atomic E-state index is 0.338. The Labute approximate surface area is 131 Å². The molecule has 0 bridgehead atoms. The van der Waals surface area contributed by atoms with Crippen molar-refractivity contribution in [3.05, 3.63) is 0 Å². The molecule has 0 amide bonds. The summed E-state index contributed by atoms with van der Waals surface area (Å²) in [6, 6.07) is 0.421. The average Bonchev–Trinajstić information content (AvgIpc) is 2.85. The van der Waals surface area contributed by atoms with Crippen molar-refractivity contribution in [2.75, 3.05) is 32.8 Å². The Hall–Kier alpha value is -0.120. The third kappa shape index (κ3) is 4.94. The van der Waals surface area contributed by atoms with Gasteiger partial charge in [0.15, 0.2) is 0 Å². The van der Waals surface area contributed by atoms with Gasteiger partial charge < -0.3 is 10.4 Å². The molecule has 124 valence electrons. The highest BCUT2D eigenvalue weighted by Crippen LogP contribution is 2.40. The topological polar surface area (TPSA) is 35.5 Å². The predicted molar refractivity (Wildman–Crippen MR) is 89.5 cm³/mol. The fraction of sp³-hybridized carbons (Fsp3) is 1.00. The lowest BCUT2D eigenvalue weighted by molar-refractivity contribution is 0.0581. The lowest BCUT2D eigenvalue weighted by atomic mass is 9.69. The zero-order valence-corrected chi connectivity index (χ0v) is 14.4. The van der Waals surface area contributed by atoms with Gasteiger partial charge in [-0.15, -0.1) is 0 Å². The zero-order chi connectivity index (χ0) is 15.3. The van der Waals surface area contributed by atoms with Crippen LogP contribution < -0.4 is 5.32 Å². The first-order valence-electron chi connectivity index (χ1n) is 9.10. The third-order valence-corrected chi connectivity index (χ3v) is 5.49. The highest BCUT2D eigenvalue weighted by atomic mass is 16.3. The number of rotatable bonds is 7. The summed E-state index contributed by atoms with van der Waals surface area (Å²) in [7, 11) is 0. The highest BCUT2D eigenvalue weighted by molar-refractivity contribution is 4.92. The van der Waals surface area contributed by atoms with E-state index in [9.17, 15) is 5.11 Å². The Morgan fingerprint density at radius 2 is 2.10 bits per heavy atom. The Morgan fingerprint density at radius 3 is 2.76 bits per heavy atom. The van der Waals surface area contributed by atoms with E-state index in [-0.39, 0.29) is 0 Å². The van der Waals surface area contributed by atoms with Crippen LogP contribution in [0.3, 0.4) is 0 Å². The summed E-state index contributed by atoms with van der Waals surface area (Å²) in [6.45, 7) is 12.0. The van der Waals surface area contributed by atoms with E-state index >= 15 is 0 Å². The summed E-state index contributed by atoms with van der Waals surface area (Å²) in [5.41, 5.74) is 0.435. The fourth-order valence-corrected chi connectivity index (χ4v) is 4.50. The molecule has 0 aromatic heterocycles. The van der Waals surface area contributed by atoms with Crippen molar-refractivity contribution < 1.29 is 5.11 Å². The Morgan fingerprint density at radius 1 is 1.29 bits per heavy atom. The molecule has 1 aliphatic carbocycles. The molecule has 3 unspecified atom stereocenters. The van der Waals surface area contributed by atoms with E-state index in [4.69, 9.17) is 0 Å². The molecule has 3 nitrogen and oxygen atoms in total. The maximum absolute atomic E-state index is 9.59. The predicted octanol–water partition coefficient (Wildman–Crippen LogP) is 2.89. The van der Waals surface area contributed by atoms with Gasteiger partial charge in [-0.2, -0.15) is 0 Å². The van der Waals surface area contributed by atoms with E-state index in [0.29, 0.717) is 18.1 Å². The first-order valence-corrected chi connectivity index (χ1v) is 9.10. The molecule has 0 aromatic rings. The molecule has 3 atom stereocenters. The van der Waals surface area contributed by atoms with Crippen LogP contribution in [-0.4, -0.2) is 48.8 Å². The summed E-state index contributed by atoms with van der Waals surface area (Å²) in [5, 5.41) is 13.3. The average molecular weight is 296 g/mol. The molecule has 2 rings (SSSR count). The molecular formula is C18H36N2O. The van der Waals surface area contributed by atoms with Crippen molar-refractivity contribution in [1.82, 2.24) is 10.2 Å². The second-order valence-electron chi connectivity index (χ2n) is 8.18. The molecule has 1 saturated heterocycles. The number of hydrogen-bond acceptors (Lipinski definition) is 3. The number of nitrogens with one attached hydrogen (secondary N) is 1. The van der Waals surface area contributed by atoms with E-state index in [1.807, 2.05) is 0 Å². The van der Waals surface area contributed by atoms with Crippen LogP contribution in [0.15, 0.2) is 0 Å². The molecule has 0 radical (unpaired) electrons. The highest BCUT2D eigenvalue weighted by Gasteiger charge is 2.38. The third-order valence-electron chi connectivity index (χ3n) is 5.49. The second-order valence-corrected chi connectivity index (χ2v) is 8.18. The molecule has 1 saturated carbocycles. The van der Waals surface area contributed by atoms with Crippen LogP contribution in [0, 0.1) is 17.3 Å². The van der Waals surface area contributed by atoms with Crippen molar-refractivity contribution in [2.45, 2.75) is 65.3 Å². The lowest BCUT2D eigenvalue weighted by Gasteiger charge is -2.44. The molecule has 1 aliphatic heterocycles. The standard InChI is InChI=1S/C18H36N2O/c1-15(2)11-19-13-18(8-4-6-16(3)10-18)14-20-9-5-7-17(20)12-21/h15-17,19,21H,4-14H2,1-3H3. The van der Waals surface area contributed by atoms with Crippen LogP contribution in [-0.2, 0) is 0 Å². The molecule has 2 N–H and O–H groups in total. The second kappa shape index (κ2) is 7.94. The zero-order valence-electron chi connectivity index (χ0n) is 14.4. The quantitative estimate of drug-likeness (QED) is 0.758. The minimum Gasteiger partial charge on any atom is -0.395 e. The number of aliphatic hydroxyl groups is 1. The maximum atomic E-state index is 9.59. The van der Waals surface area contributed by atoms with Gasteiger partial charge in [0.05, 0.1) is 6.61 Å². The molecule has 2 aliphatic rings. The molecule has 0 spiro atoms. The van der Waals surface area contributed by atoms with Gasteiger partial charge in [0.1, 0.15) is 0 Å². The first kappa shape index (κ1) is 17.2. The largest absolute Gasteiger partial charge is 0.395 e. The van der Waals surface area contributed by atoms with Crippen LogP contribution >= 0.6 is 0 Å². The SMILES string of the molecule is CC(C)CNCC1(CN2CCCC2CO)CCCC(C)C1. The molecule has 3 heteroatoms. The summed E-state index contributed by atoms with van der Waals surface area (Å²) in [5.74, 6) is 1.58. The summed E-state index contributed by atoms with van der Waals surface area (Å²) >= 11 is 0. The maximum Gasteiger partial charge on any atom is 0.0586 e. The number of aliphatic hydroxyl groups excluding tert-OH is 1. The fourth-order valence-electron chi connectivity index (χ4n) is 4.50. The Balaban J connectivity index is 1.97. The first-order chi connectivity index (χ1) is 10.0. The van der Waals surface area contributed by atoms with Gasteiger partial charge in [-0.3, -0.25) is 4.90 Å². The summed E-state index contributed by atoms with van der Waals surface area (Å²) in [4.78, 5) is 2.58. The van der Waals surface area contributed by atoms with Crippen LogP contribution in [0.25, 0.3) is 0 Å². The van der Waals surface area contributed by atoms with Gasteiger partial charge in [-0.1, -0.05) is 33.6 Å². The van der Waals surface area contributed by atoms with E-state index in [0.717, 1.165) is 24.9 Å². The number of nitrogens with zero attached hydrogens (tertiary/aromatic N) is 1. The smallest absolute Gasteiger partial charge is 0.0586 e. The molecule has 2 fully saturated rings. The van der Waals surface area contributed by atoms with Gasteiger partial charge in [0.2, 0.25) is 0 Å². The van der Waals surface area contributed by atoms with Crippen LogP contribution in [0.2, 0.25) is 0 Å². The van der Waals surface area contributed by atoms with Crippen molar-refractivity contribution in [2.24, 2.45) is 17.3 Å². The van der Waals surface area contributed by atoms with Gasteiger partial charge in [0, 0.05) is 19.1 Å². The van der Waals surface area contributed by atoms with Crippen molar-refractivity contribution in [1.29, 1.82) is 0 Å². The minimum atomic E-state index is 0.338. The van der Waals surface area contributed by atoms with E-state index < -0.39 is 0 Å². The normalized spacial score (nSPS) is 34.7. The van der Waals surface area contributed by atoms with Gasteiger partial charge in [-0.25, -0.2) is 0 Å². The van der Waals surface area contributed by atoms with Crippen molar-refractivity contribution >= 4 is 0 Å². The number of hydrogen-bond donors (Lipinski definition) is 2. The number of likely N-dealkylation sites (tertiary alicyclic amines) is 1. The molecule has 0 aromatic carbocycles. The summed E-state index contributed by atoms with van der Waals surface area (Å²) < 4.78 is 0. The van der Waals surface area contributed by atoms with E-state index in [2.05, 4.69) is 31.0 Å². The van der Waals surface area contributed by atoms with Gasteiger partial charge in [0.25, 0.3) is 0 Å². The molecule has 21 heavy (non-hydrogen) atoms. The van der Waals surface area contributed by atoms with Gasteiger partial charge >= 0.3 is 0 Å². The Bertz CT molecular complexity index is 308. The van der Waals surface area contributed by atoms with Crippen molar-refractivity contribution in [3.63, 3.8) is 0 Å². The lowest BCUT2D eigenvalue weighted by Crippen LogP contribution is -2.49. The molecule has 1 heterocycles. The molecular weight excluding hydrogens is 260 g/mol. The van der Waals surface area contributed by atoms with Gasteiger partial charge in [-0.05, 0) is 56.0 Å². The van der Waals surface area contributed by atoms with Crippen molar-refractivity contribution in [3.8, 4) is 0 Å². The van der Waals surface area contributed by atoms with Crippen LogP contribution in [0.4, 0.5) is 0 Å². The van der Waals surface area contributed by atoms with E-state index in [1.165, 1.54) is 51.6 Å². The van der Waals surface area contributed by atoms with Crippen LogP contribution in [0.5, 0.6) is 0 Å².